The molecule has 1 N–H and O–H groups in total. The number of hydrogen-bond donors (Lipinski definition) is 1. The molecule has 20 heavy (non-hydrogen) atoms. The maximum atomic E-state index is 4.48. The first kappa shape index (κ1) is 14.2. The first-order chi connectivity index (χ1) is 9.81. The second-order valence-electron chi connectivity index (χ2n) is 5.09. The number of nitrogens with one attached hydrogen (secondary N) is 1. The fourth-order valence-electron chi connectivity index (χ4n) is 2.91. The summed E-state index contributed by atoms with van der Waals surface area (Å²) in [7, 11) is 2.08. The van der Waals surface area contributed by atoms with E-state index in [1.807, 2.05) is 12.3 Å². The van der Waals surface area contributed by atoms with Gasteiger partial charge in [0, 0.05) is 39.6 Å². The van der Waals surface area contributed by atoms with Crippen LogP contribution in [0.1, 0.15) is 18.5 Å². The van der Waals surface area contributed by atoms with Gasteiger partial charge in [0.1, 0.15) is 0 Å². The second kappa shape index (κ2) is 6.37. The Hall–Kier alpha value is -0.710. The van der Waals surface area contributed by atoms with E-state index in [1.165, 1.54) is 22.5 Å². The van der Waals surface area contributed by atoms with Crippen molar-refractivity contribution >= 4 is 34.4 Å². The van der Waals surface area contributed by atoms with Gasteiger partial charge in [0.15, 0.2) is 0 Å². The Balaban J connectivity index is 2.02. The highest BCUT2D eigenvalue weighted by Gasteiger charge is 2.31. The van der Waals surface area contributed by atoms with Crippen LogP contribution >= 0.6 is 23.5 Å². The minimum absolute atomic E-state index is 0.385. The van der Waals surface area contributed by atoms with E-state index in [9.17, 15) is 0 Å². The molecule has 1 aromatic heterocycles. The first-order valence-corrected chi connectivity index (χ1v) is 9.15. The van der Waals surface area contributed by atoms with E-state index in [1.54, 1.807) is 0 Å². The molecule has 3 rings (SSSR count). The lowest BCUT2D eigenvalue weighted by molar-refractivity contribution is 0.564. The lowest BCUT2D eigenvalue weighted by Crippen LogP contribution is -2.36. The van der Waals surface area contributed by atoms with E-state index in [-0.39, 0.29) is 0 Å². The summed E-state index contributed by atoms with van der Waals surface area (Å²) in [5.74, 6) is 2.52. The second-order valence-corrected chi connectivity index (χ2v) is 7.87. The van der Waals surface area contributed by atoms with Crippen LogP contribution in [0.4, 0.5) is 0 Å². The molecule has 0 bridgehead atoms. The van der Waals surface area contributed by atoms with Crippen molar-refractivity contribution in [2.45, 2.75) is 23.5 Å². The van der Waals surface area contributed by atoms with Gasteiger partial charge in [-0.2, -0.15) is 23.5 Å². The number of rotatable bonds is 3. The third kappa shape index (κ3) is 2.69. The number of nitrogens with zero attached hydrogens (tertiary/aromatic N) is 1. The molecule has 0 aliphatic carbocycles. The van der Waals surface area contributed by atoms with Gasteiger partial charge in [0.2, 0.25) is 0 Å². The molecule has 106 valence electrons. The summed E-state index contributed by atoms with van der Waals surface area (Å²) in [6, 6.07) is 11.1. The fourth-order valence-corrected chi connectivity index (χ4v) is 5.89. The van der Waals surface area contributed by atoms with E-state index >= 15 is 0 Å². The van der Waals surface area contributed by atoms with E-state index in [2.05, 4.69) is 72.1 Å². The van der Waals surface area contributed by atoms with Crippen LogP contribution in [-0.4, -0.2) is 34.0 Å². The molecule has 0 radical (unpaired) electrons. The first-order valence-electron chi connectivity index (χ1n) is 7.05. The third-order valence-corrected chi connectivity index (χ3v) is 7.09. The fraction of sp³-hybridized carbons (Fsp3) is 0.438. The summed E-state index contributed by atoms with van der Waals surface area (Å²) in [6.45, 7) is 2.36. The molecule has 0 amide bonds. The van der Waals surface area contributed by atoms with E-state index in [0.29, 0.717) is 16.5 Å². The predicted molar refractivity (Wildman–Crippen MR) is 91.7 cm³/mol. The average Bonchev–Trinajstić information content (AvgIpc) is 2.50. The molecule has 1 aromatic carbocycles. The van der Waals surface area contributed by atoms with Crippen molar-refractivity contribution in [3.63, 3.8) is 0 Å². The molecule has 3 atom stereocenters. The molecule has 1 aliphatic heterocycles. The summed E-state index contributed by atoms with van der Waals surface area (Å²) in [5.41, 5.74) is 2.47. The molecule has 2 heterocycles. The van der Waals surface area contributed by atoms with Gasteiger partial charge in [0.25, 0.3) is 0 Å². The molecule has 4 heteroatoms. The molecule has 1 aliphatic rings. The quantitative estimate of drug-likeness (QED) is 0.934. The summed E-state index contributed by atoms with van der Waals surface area (Å²) in [4.78, 5) is 4.48. The van der Waals surface area contributed by atoms with Crippen molar-refractivity contribution in [2.75, 3.05) is 18.6 Å². The largest absolute Gasteiger partial charge is 0.312 e. The Labute approximate surface area is 129 Å². The standard InChI is InChI=1S/C16H20N2S2/c1-11-16(20-10-9-19-11)15(17-2)13-5-3-7-14-12(13)6-4-8-18-14/h3-8,11,15-17H,9-10H2,1-2H3. The van der Waals surface area contributed by atoms with Crippen LogP contribution in [0.15, 0.2) is 36.5 Å². The Morgan fingerprint density at radius 2 is 2.05 bits per heavy atom. The van der Waals surface area contributed by atoms with Crippen molar-refractivity contribution in [1.82, 2.24) is 10.3 Å². The molecular formula is C16H20N2S2. The van der Waals surface area contributed by atoms with Gasteiger partial charge in [-0.15, -0.1) is 0 Å². The Morgan fingerprint density at radius 3 is 2.85 bits per heavy atom. The highest BCUT2D eigenvalue weighted by molar-refractivity contribution is 8.07. The van der Waals surface area contributed by atoms with Crippen LogP contribution in [0.3, 0.4) is 0 Å². The normalized spacial score (nSPS) is 24.7. The topological polar surface area (TPSA) is 24.9 Å². The Kier molecular flexibility index (Phi) is 4.54. The molecule has 2 aromatic rings. The van der Waals surface area contributed by atoms with Crippen molar-refractivity contribution in [1.29, 1.82) is 0 Å². The average molecular weight is 304 g/mol. The highest BCUT2D eigenvalue weighted by atomic mass is 32.2. The van der Waals surface area contributed by atoms with E-state index in [4.69, 9.17) is 0 Å². The lowest BCUT2D eigenvalue weighted by atomic mass is 9.97. The number of hydrogen-bond acceptors (Lipinski definition) is 4. The van der Waals surface area contributed by atoms with Gasteiger partial charge in [-0.25, -0.2) is 0 Å². The van der Waals surface area contributed by atoms with Gasteiger partial charge in [-0.3, -0.25) is 4.98 Å². The Morgan fingerprint density at radius 1 is 1.20 bits per heavy atom. The molecular weight excluding hydrogens is 284 g/mol. The summed E-state index contributed by atoms with van der Waals surface area (Å²) in [5, 5.41) is 6.12. The SMILES string of the molecule is CNC(c1cccc2ncccc12)C1SCCSC1C. The van der Waals surface area contributed by atoms with Gasteiger partial charge >= 0.3 is 0 Å². The molecule has 0 saturated carbocycles. The van der Waals surface area contributed by atoms with Crippen molar-refractivity contribution in [2.24, 2.45) is 0 Å². The number of thioether (sulfide) groups is 2. The molecule has 1 fully saturated rings. The van der Waals surface area contributed by atoms with Gasteiger partial charge in [0.05, 0.1) is 5.52 Å². The minimum Gasteiger partial charge on any atom is -0.312 e. The van der Waals surface area contributed by atoms with Gasteiger partial charge in [-0.1, -0.05) is 25.1 Å². The molecule has 0 spiro atoms. The number of aromatic nitrogens is 1. The summed E-state index contributed by atoms with van der Waals surface area (Å²) >= 11 is 4.20. The van der Waals surface area contributed by atoms with Crippen LogP contribution in [-0.2, 0) is 0 Å². The monoisotopic (exact) mass is 304 g/mol. The molecule has 2 nitrogen and oxygen atoms in total. The van der Waals surface area contributed by atoms with Crippen LogP contribution in [0.2, 0.25) is 0 Å². The van der Waals surface area contributed by atoms with Gasteiger partial charge < -0.3 is 5.32 Å². The van der Waals surface area contributed by atoms with Crippen molar-refractivity contribution in [3.05, 3.63) is 42.1 Å². The maximum absolute atomic E-state index is 4.48. The van der Waals surface area contributed by atoms with Crippen LogP contribution in [0, 0.1) is 0 Å². The molecule has 1 saturated heterocycles. The van der Waals surface area contributed by atoms with Crippen LogP contribution in [0.25, 0.3) is 10.9 Å². The zero-order chi connectivity index (χ0) is 13.9. The van der Waals surface area contributed by atoms with Crippen molar-refractivity contribution < 1.29 is 0 Å². The molecule has 3 unspecified atom stereocenters. The maximum Gasteiger partial charge on any atom is 0.0705 e. The van der Waals surface area contributed by atoms with Crippen LogP contribution < -0.4 is 5.32 Å². The number of benzene rings is 1. The van der Waals surface area contributed by atoms with E-state index < -0.39 is 0 Å². The minimum atomic E-state index is 0.385. The van der Waals surface area contributed by atoms with Crippen molar-refractivity contribution in [3.8, 4) is 0 Å². The zero-order valence-electron chi connectivity index (χ0n) is 11.9. The lowest BCUT2D eigenvalue weighted by Gasteiger charge is -2.35. The van der Waals surface area contributed by atoms with E-state index in [0.717, 1.165) is 5.52 Å². The highest BCUT2D eigenvalue weighted by Crippen LogP contribution is 2.39. The third-order valence-electron chi connectivity index (χ3n) is 3.89. The number of pyridine rings is 1. The summed E-state index contributed by atoms with van der Waals surface area (Å²) in [6.07, 6.45) is 1.87. The van der Waals surface area contributed by atoms with Crippen LogP contribution in [0.5, 0.6) is 0 Å². The summed E-state index contributed by atoms with van der Waals surface area (Å²) < 4.78 is 0. The zero-order valence-corrected chi connectivity index (χ0v) is 13.5. The van der Waals surface area contributed by atoms with Gasteiger partial charge in [-0.05, 0) is 24.7 Å². The number of fused-ring (bicyclic) bond motifs is 1. The smallest absolute Gasteiger partial charge is 0.0705 e. The predicted octanol–water partition coefficient (Wildman–Crippen LogP) is 3.73. The Bertz CT molecular complexity index is 582.